The number of nitrogens with one attached hydrogen (secondary N) is 1. The summed E-state index contributed by atoms with van der Waals surface area (Å²) in [4.78, 5) is 17.4. The summed E-state index contributed by atoms with van der Waals surface area (Å²) in [5, 5.41) is 3.19. The summed E-state index contributed by atoms with van der Waals surface area (Å²) in [5.41, 5.74) is 0. The molecule has 2 aliphatic heterocycles. The normalized spacial score (nSPS) is 27.2. The molecule has 1 atom stereocenters. The molecule has 132 valence electrons. The number of nitrogens with zero attached hydrogens (tertiary/aromatic N) is 2. The maximum atomic E-state index is 12.4. The lowest BCUT2D eigenvalue weighted by atomic mass is 9.93. The molecular weight excluding hydrogens is 302 g/mol. The van der Waals surface area contributed by atoms with E-state index >= 15 is 0 Å². The molecule has 0 radical (unpaired) electrons. The molecule has 24 heavy (non-hydrogen) atoms. The quantitative estimate of drug-likeness (QED) is 0.899. The third-order valence-electron chi connectivity index (χ3n) is 5.78. The molecule has 1 aromatic rings. The Balaban J connectivity index is 1.24. The monoisotopic (exact) mass is 331 g/mol. The van der Waals surface area contributed by atoms with Gasteiger partial charge in [-0.1, -0.05) is 0 Å². The molecule has 1 N–H and O–H groups in total. The lowest BCUT2D eigenvalue weighted by molar-refractivity contribution is -0.127. The molecule has 1 aliphatic carbocycles. The molecule has 1 aromatic heterocycles. The molecule has 4 rings (SSSR count). The van der Waals surface area contributed by atoms with Crippen molar-refractivity contribution in [2.75, 3.05) is 26.2 Å². The third-order valence-corrected chi connectivity index (χ3v) is 5.78. The van der Waals surface area contributed by atoms with E-state index in [1.807, 2.05) is 6.07 Å². The lowest BCUT2D eigenvalue weighted by Crippen LogP contribution is -2.50. The Hall–Kier alpha value is -1.33. The molecule has 1 saturated carbocycles. The first kappa shape index (κ1) is 16.2. The number of likely N-dealkylation sites (tertiary alicyclic amines) is 2. The maximum absolute atomic E-state index is 12.4. The van der Waals surface area contributed by atoms with Crippen LogP contribution in [0.25, 0.3) is 0 Å². The van der Waals surface area contributed by atoms with E-state index in [2.05, 4.69) is 21.2 Å². The number of rotatable bonds is 5. The van der Waals surface area contributed by atoms with Gasteiger partial charge in [-0.3, -0.25) is 14.6 Å². The fourth-order valence-electron chi connectivity index (χ4n) is 4.16. The van der Waals surface area contributed by atoms with Crippen LogP contribution >= 0.6 is 0 Å². The molecule has 3 heterocycles. The van der Waals surface area contributed by atoms with Crippen molar-refractivity contribution >= 4 is 5.91 Å². The van der Waals surface area contributed by atoms with Gasteiger partial charge in [0.25, 0.3) is 0 Å². The van der Waals surface area contributed by atoms with Gasteiger partial charge >= 0.3 is 0 Å². The first-order valence-corrected chi connectivity index (χ1v) is 9.57. The van der Waals surface area contributed by atoms with Gasteiger partial charge in [-0.15, -0.1) is 0 Å². The van der Waals surface area contributed by atoms with Crippen LogP contribution in [0, 0.1) is 5.92 Å². The molecule has 1 unspecified atom stereocenters. The van der Waals surface area contributed by atoms with Gasteiger partial charge in [-0.2, -0.15) is 0 Å². The van der Waals surface area contributed by atoms with Crippen LogP contribution < -0.4 is 5.32 Å². The minimum absolute atomic E-state index is 0.209. The minimum Gasteiger partial charge on any atom is -0.468 e. The Bertz CT molecular complexity index is 533. The van der Waals surface area contributed by atoms with Gasteiger partial charge in [0.1, 0.15) is 5.76 Å². The van der Waals surface area contributed by atoms with E-state index in [-0.39, 0.29) is 5.92 Å². The van der Waals surface area contributed by atoms with Gasteiger partial charge in [0.2, 0.25) is 5.91 Å². The molecule has 3 aliphatic rings. The van der Waals surface area contributed by atoms with E-state index in [0.29, 0.717) is 18.0 Å². The van der Waals surface area contributed by atoms with Crippen LogP contribution in [0.15, 0.2) is 22.8 Å². The highest BCUT2D eigenvalue weighted by Crippen LogP contribution is 2.26. The van der Waals surface area contributed by atoms with Crippen molar-refractivity contribution in [2.45, 2.75) is 57.2 Å². The average Bonchev–Trinajstić information content (AvgIpc) is 3.28. The van der Waals surface area contributed by atoms with Gasteiger partial charge in [0.05, 0.1) is 18.7 Å². The number of carbonyl (C=O) groups excluding carboxylic acids is 1. The van der Waals surface area contributed by atoms with Crippen LogP contribution in [0.3, 0.4) is 0 Å². The van der Waals surface area contributed by atoms with Crippen molar-refractivity contribution in [3.63, 3.8) is 0 Å². The number of piperidine rings is 2. The Morgan fingerprint density at radius 1 is 1.17 bits per heavy atom. The zero-order chi connectivity index (χ0) is 16.4. The smallest absolute Gasteiger partial charge is 0.224 e. The molecule has 1 amide bonds. The molecule has 5 nitrogen and oxygen atoms in total. The first-order valence-electron chi connectivity index (χ1n) is 9.57. The number of hydrogen-bond donors (Lipinski definition) is 1. The van der Waals surface area contributed by atoms with Crippen LogP contribution in [-0.2, 0) is 11.3 Å². The minimum atomic E-state index is 0.209. The first-order chi connectivity index (χ1) is 11.8. The van der Waals surface area contributed by atoms with Crippen molar-refractivity contribution in [3.05, 3.63) is 24.2 Å². The summed E-state index contributed by atoms with van der Waals surface area (Å²) in [7, 11) is 0. The highest BCUT2D eigenvalue weighted by atomic mass is 16.3. The molecule has 0 aromatic carbocycles. The van der Waals surface area contributed by atoms with Crippen LogP contribution in [0.1, 0.15) is 44.3 Å². The van der Waals surface area contributed by atoms with Crippen molar-refractivity contribution in [1.82, 2.24) is 15.1 Å². The second-order valence-electron chi connectivity index (χ2n) is 7.70. The van der Waals surface area contributed by atoms with Gasteiger partial charge in [0.15, 0.2) is 0 Å². The van der Waals surface area contributed by atoms with E-state index in [0.717, 1.165) is 51.3 Å². The van der Waals surface area contributed by atoms with E-state index in [9.17, 15) is 4.79 Å². The van der Waals surface area contributed by atoms with Crippen LogP contribution in [-0.4, -0.2) is 54.0 Å². The van der Waals surface area contributed by atoms with Crippen LogP contribution in [0.2, 0.25) is 0 Å². The van der Waals surface area contributed by atoms with Crippen molar-refractivity contribution in [1.29, 1.82) is 0 Å². The Labute approximate surface area is 144 Å². The summed E-state index contributed by atoms with van der Waals surface area (Å²) in [6, 6.07) is 5.15. The predicted octanol–water partition coefficient (Wildman–Crippen LogP) is 2.23. The van der Waals surface area contributed by atoms with Gasteiger partial charge in [-0.05, 0) is 57.2 Å². The van der Waals surface area contributed by atoms with E-state index in [4.69, 9.17) is 4.42 Å². The standard InChI is InChI=1S/C19H29N3O2/c23-19(20-16-5-6-16)15-3-1-9-22(13-15)17-7-10-21(11-8-17)14-18-4-2-12-24-18/h2,4,12,15-17H,1,3,5-11,13-14H2,(H,20,23). The Morgan fingerprint density at radius 2 is 2.00 bits per heavy atom. The fourth-order valence-corrected chi connectivity index (χ4v) is 4.16. The van der Waals surface area contributed by atoms with Gasteiger partial charge in [0, 0.05) is 31.7 Å². The summed E-state index contributed by atoms with van der Waals surface area (Å²) < 4.78 is 5.46. The number of carbonyl (C=O) groups is 1. The molecule has 0 bridgehead atoms. The molecule has 5 heteroatoms. The summed E-state index contributed by atoms with van der Waals surface area (Å²) in [5.74, 6) is 1.57. The zero-order valence-corrected chi connectivity index (χ0v) is 14.5. The van der Waals surface area contributed by atoms with Gasteiger partial charge < -0.3 is 9.73 Å². The summed E-state index contributed by atoms with van der Waals surface area (Å²) in [6.07, 6.45) is 8.74. The van der Waals surface area contributed by atoms with Gasteiger partial charge in [-0.25, -0.2) is 0 Å². The van der Waals surface area contributed by atoms with E-state index in [1.165, 1.54) is 25.7 Å². The molecule has 2 saturated heterocycles. The topological polar surface area (TPSA) is 48.7 Å². The average molecular weight is 331 g/mol. The Morgan fingerprint density at radius 3 is 2.71 bits per heavy atom. The highest BCUT2D eigenvalue weighted by Gasteiger charge is 2.33. The van der Waals surface area contributed by atoms with Crippen LogP contribution in [0.5, 0.6) is 0 Å². The number of amides is 1. The third kappa shape index (κ3) is 4.01. The molecule has 0 spiro atoms. The Kier molecular flexibility index (Phi) is 4.90. The summed E-state index contributed by atoms with van der Waals surface area (Å²) in [6.45, 7) is 5.30. The second-order valence-corrected chi connectivity index (χ2v) is 7.70. The SMILES string of the molecule is O=C(NC1CC1)C1CCCN(C2CCN(Cc3ccco3)CC2)C1. The van der Waals surface area contributed by atoms with E-state index in [1.54, 1.807) is 6.26 Å². The molecule has 3 fully saturated rings. The van der Waals surface area contributed by atoms with Crippen molar-refractivity contribution in [2.24, 2.45) is 5.92 Å². The fraction of sp³-hybridized carbons (Fsp3) is 0.737. The van der Waals surface area contributed by atoms with Crippen molar-refractivity contribution in [3.8, 4) is 0 Å². The molecular formula is C19H29N3O2. The summed E-state index contributed by atoms with van der Waals surface area (Å²) >= 11 is 0. The zero-order valence-electron chi connectivity index (χ0n) is 14.5. The lowest BCUT2D eigenvalue weighted by Gasteiger charge is -2.41. The maximum Gasteiger partial charge on any atom is 0.224 e. The largest absolute Gasteiger partial charge is 0.468 e. The van der Waals surface area contributed by atoms with E-state index < -0.39 is 0 Å². The highest BCUT2D eigenvalue weighted by molar-refractivity contribution is 5.79. The number of hydrogen-bond acceptors (Lipinski definition) is 4. The predicted molar refractivity (Wildman–Crippen MR) is 92.5 cm³/mol. The van der Waals surface area contributed by atoms with Crippen LogP contribution in [0.4, 0.5) is 0 Å². The number of furan rings is 1. The van der Waals surface area contributed by atoms with Crippen molar-refractivity contribution < 1.29 is 9.21 Å². The second kappa shape index (κ2) is 7.28.